The van der Waals surface area contributed by atoms with Crippen LogP contribution in [0, 0.1) is 0 Å². The molecule has 6 nitrogen and oxygen atoms in total. The lowest BCUT2D eigenvalue weighted by Crippen LogP contribution is -2.23. The van der Waals surface area contributed by atoms with Crippen molar-refractivity contribution in [2.45, 2.75) is 16.9 Å². The molecule has 2 aromatic heterocycles. The van der Waals surface area contributed by atoms with Gasteiger partial charge in [0.25, 0.3) is 11.1 Å². The fourth-order valence-electron chi connectivity index (χ4n) is 2.54. The van der Waals surface area contributed by atoms with E-state index in [-0.39, 0.29) is 11.6 Å². The van der Waals surface area contributed by atoms with E-state index in [9.17, 15) is 4.79 Å². The van der Waals surface area contributed by atoms with E-state index in [0.717, 1.165) is 28.1 Å². The summed E-state index contributed by atoms with van der Waals surface area (Å²) in [4.78, 5) is 24.7. The van der Waals surface area contributed by atoms with Gasteiger partial charge in [0.1, 0.15) is 6.26 Å². The van der Waals surface area contributed by atoms with Gasteiger partial charge in [0.2, 0.25) is 0 Å². The van der Waals surface area contributed by atoms with Gasteiger partial charge in [0, 0.05) is 30.7 Å². The van der Waals surface area contributed by atoms with E-state index in [1.165, 1.54) is 6.26 Å². The molecule has 0 fully saturated rings. The molecule has 0 saturated carbocycles. The Morgan fingerprint density at radius 2 is 1.85 bits per heavy atom. The van der Waals surface area contributed by atoms with Gasteiger partial charge in [-0.2, -0.15) is 4.98 Å². The third-order valence-electron chi connectivity index (χ3n) is 3.76. The van der Waals surface area contributed by atoms with Gasteiger partial charge in [-0.3, -0.25) is 4.79 Å². The van der Waals surface area contributed by atoms with Crippen LogP contribution in [0.5, 0.6) is 0 Å². The molecule has 128 valence electrons. The van der Waals surface area contributed by atoms with Gasteiger partial charge in [-0.15, -0.1) is 0 Å². The molecule has 0 bridgehead atoms. The van der Waals surface area contributed by atoms with Crippen LogP contribution in [0.1, 0.15) is 16.1 Å². The Bertz CT molecular complexity index is 1040. The number of carbonyl (C=O) groups excluding carboxylic acids is 1. The van der Waals surface area contributed by atoms with E-state index >= 15 is 0 Å². The minimum absolute atomic E-state index is 0.226. The third kappa shape index (κ3) is 3.57. The molecule has 0 atom stereocenters. The summed E-state index contributed by atoms with van der Waals surface area (Å²) in [5.74, 6) is -0.289. The van der Waals surface area contributed by atoms with Gasteiger partial charge in [0.05, 0.1) is 0 Å². The topological polar surface area (TPSA) is 80.9 Å². The minimum atomic E-state index is -0.289. The predicted molar refractivity (Wildman–Crippen MR) is 97.8 cm³/mol. The summed E-state index contributed by atoms with van der Waals surface area (Å²) in [7, 11) is 0. The Kier molecular flexibility index (Phi) is 4.61. The van der Waals surface area contributed by atoms with Crippen molar-refractivity contribution >= 4 is 28.4 Å². The fraction of sp³-hybridized carbons (Fsp3) is 0.0526. The van der Waals surface area contributed by atoms with Crippen molar-refractivity contribution in [1.82, 2.24) is 20.3 Å². The molecule has 26 heavy (non-hydrogen) atoms. The molecule has 1 N–H and O–H groups in total. The lowest BCUT2D eigenvalue weighted by molar-refractivity contribution is 0.0946. The van der Waals surface area contributed by atoms with Crippen molar-refractivity contribution in [2.75, 3.05) is 0 Å². The van der Waals surface area contributed by atoms with Crippen molar-refractivity contribution in [3.8, 4) is 0 Å². The Morgan fingerprint density at radius 3 is 2.73 bits per heavy atom. The van der Waals surface area contributed by atoms with Crippen LogP contribution in [0.2, 0.25) is 0 Å². The second kappa shape index (κ2) is 7.37. The maximum absolute atomic E-state index is 12.3. The summed E-state index contributed by atoms with van der Waals surface area (Å²) in [6.07, 6.45) is 4.61. The van der Waals surface area contributed by atoms with Crippen molar-refractivity contribution in [1.29, 1.82) is 0 Å². The average molecular weight is 362 g/mol. The number of nitrogens with zero attached hydrogens (tertiary/aromatic N) is 3. The number of benzene rings is 2. The van der Waals surface area contributed by atoms with E-state index in [1.807, 2.05) is 42.5 Å². The van der Waals surface area contributed by atoms with Gasteiger partial charge in [-0.05, 0) is 22.4 Å². The molecule has 4 aromatic rings. The number of hydrogen-bond donors (Lipinski definition) is 1. The number of fused-ring (bicyclic) bond motifs is 1. The standard InChI is InChI=1S/C19H14N4O2S/c24-17(16-12-25-19(23-16)26-18-20-9-4-10-21-18)22-11-14-7-3-6-13-5-1-2-8-15(13)14/h1-10,12H,11H2,(H,22,24). The van der Waals surface area contributed by atoms with Crippen LogP contribution in [0.3, 0.4) is 0 Å². The lowest BCUT2D eigenvalue weighted by Gasteiger charge is -2.07. The number of aromatic nitrogens is 3. The van der Waals surface area contributed by atoms with Crippen LogP contribution in [0.25, 0.3) is 10.8 Å². The Morgan fingerprint density at radius 1 is 1.04 bits per heavy atom. The summed E-state index contributed by atoms with van der Waals surface area (Å²) < 4.78 is 5.32. The van der Waals surface area contributed by atoms with Crippen molar-refractivity contribution in [2.24, 2.45) is 0 Å². The van der Waals surface area contributed by atoms with Crippen molar-refractivity contribution < 1.29 is 9.21 Å². The first kappa shape index (κ1) is 16.3. The summed E-state index contributed by atoms with van der Waals surface area (Å²) in [6.45, 7) is 0.414. The summed E-state index contributed by atoms with van der Waals surface area (Å²) in [6, 6.07) is 15.8. The van der Waals surface area contributed by atoms with Gasteiger partial charge < -0.3 is 9.73 Å². The number of hydrogen-bond acceptors (Lipinski definition) is 6. The largest absolute Gasteiger partial charge is 0.439 e. The maximum atomic E-state index is 12.3. The monoisotopic (exact) mass is 362 g/mol. The summed E-state index contributed by atoms with van der Waals surface area (Å²) in [5, 5.41) is 5.98. The van der Waals surface area contributed by atoms with E-state index < -0.39 is 0 Å². The molecule has 0 radical (unpaired) electrons. The molecule has 1 amide bonds. The van der Waals surface area contributed by atoms with Crippen LogP contribution in [-0.2, 0) is 6.54 Å². The number of amides is 1. The molecule has 0 aliphatic carbocycles. The molecule has 2 aromatic carbocycles. The molecular weight excluding hydrogens is 348 g/mol. The fourth-order valence-corrected chi connectivity index (χ4v) is 3.16. The molecule has 0 aliphatic heterocycles. The van der Waals surface area contributed by atoms with E-state index in [2.05, 4.69) is 20.3 Å². The number of nitrogens with one attached hydrogen (secondary N) is 1. The SMILES string of the molecule is O=C(NCc1cccc2ccccc12)c1coc(Sc2ncccn2)n1. The second-order valence-corrected chi connectivity index (χ2v) is 6.37. The van der Waals surface area contributed by atoms with Crippen molar-refractivity contribution in [3.63, 3.8) is 0 Å². The van der Waals surface area contributed by atoms with Gasteiger partial charge >= 0.3 is 0 Å². The normalized spacial score (nSPS) is 10.8. The molecule has 0 aliphatic rings. The number of oxazole rings is 1. The summed E-state index contributed by atoms with van der Waals surface area (Å²) in [5.41, 5.74) is 1.27. The first-order chi connectivity index (χ1) is 12.8. The second-order valence-electron chi connectivity index (χ2n) is 5.45. The van der Waals surface area contributed by atoms with Crippen LogP contribution >= 0.6 is 11.8 Å². The molecule has 0 spiro atoms. The highest BCUT2D eigenvalue weighted by molar-refractivity contribution is 7.98. The van der Waals surface area contributed by atoms with Crippen LogP contribution < -0.4 is 5.32 Å². The quantitative estimate of drug-likeness (QED) is 0.545. The van der Waals surface area contributed by atoms with E-state index in [4.69, 9.17) is 4.42 Å². The van der Waals surface area contributed by atoms with E-state index in [0.29, 0.717) is 16.9 Å². The maximum Gasteiger partial charge on any atom is 0.273 e. The van der Waals surface area contributed by atoms with Gasteiger partial charge in [-0.1, -0.05) is 42.5 Å². The van der Waals surface area contributed by atoms with Gasteiger partial charge in [-0.25, -0.2) is 9.97 Å². The predicted octanol–water partition coefficient (Wildman–Crippen LogP) is 3.70. The summed E-state index contributed by atoms with van der Waals surface area (Å²) >= 11 is 1.16. The molecule has 7 heteroatoms. The Labute approximate surface area is 153 Å². The zero-order valence-electron chi connectivity index (χ0n) is 13.6. The van der Waals surface area contributed by atoms with E-state index in [1.54, 1.807) is 18.5 Å². The molecule has 4 rings (SSSR count). The number of carbonyl (C=O) groups is 1. The smallest absolute Gasteiger partial charge is 0.273 e. The van der Waals surface area contributed by atoms with Gasteiger partial charge in [0.15, 0.2) is 10.9 Å². The first-order valence-corrected chi connectivity index (χ1v) is 8.76. The highest BCUT2D eigenvalue weighted by Crippen LogP contribution is 2.23. The minimum Gasteiger partial charge on any atom is -0.439 e. The average Bonchev–Trinajstić information content (AvgIpc) is 3.15. The zero-order valence-corrected chi connectivity index (χ0v) is 14.4. The Balaban J connectivity index is 1.44. The first-order valence-electron chi connectivity index (χ1n) is 7.95. The number of rotatable bonds is 5. The lowest BCUT2D eigenvalue weighted by atomic mass is 10.0. The third-order valence-corrected chi connectivity index (χ3v) is 4.51. The van der Waals surface area contributed by atoms with Crippen LogP contribution in [-0.4, -0.2) is 20.9 Å². The Hall–Kier alpha value is -3.19. The van der Waals surface area contributed by atoms with Crippen molar-refractivity contribution in [3.05, 3.63) is 78.4 Å². The van der Waals surface area contributed by atoms with Crippen LogP contribution in [0.15, 0.2) is 82.0 Å². The molecular formula is C19H14N4O2S. The highest BCUT2D eigenvalue weighted by Gasteiger charge is 2.14. The van der Waals surface area contributed by atoms with Crippen LogP contribution in [0.4, 0.5) is 0 Å². The molecule has 2 heterocycles. The molecule has 0 saturated heterocycles. The highest BCUT2D eigenvalue weighted by atomic mass is 32.2. The zero-order chi connectivity index (χ0) is 17.8. The molecule has 0 unspecified atom stereocenters.